The van der Waals surface area contributed by atoms with Crippen LogP contribution in [0.2, 0.25) is 0 Å². The Balaban J connectivity index is 0.00000441. The summed E-state index contributed by atoms with van der Waals surface area (Å²) in [6.45, 7) is 3.87. The summed E-state index contributed by atoms with van der Waals surface area (Å²) in [5, 5.41) is 0.440. The van der Waals surface area contributed by atoms with Gasteiger partial charge in [-0.1, -0.05) is 18.2 Å². The lowest BCUT2D eigenvalue weighted by Gasteiger charge is -2.17. The first-order valence-corrected chi connectivity index (χ1v) is 12.0. The summed E-state index contributed by atoms with van der Waals surface area (Å²) in [6.07, 6.45) is -0.175. The highest BCUT2D eigenvalue weighted by molar-refractivity contribution is 6.23. The molecule has 4 rings (SSSR count). The maximum absolute atomic E-state index is 13.1. The van der Waals surface area contributed by atoms with Gasteiger partial charge in [0.1, 0.15) is 17.8 Å². The number of benzene rings is 1. The zero-order chi connectivity index (χ0) is 28.6. The minimum atomic E-state index is -4.48. The summed E-state index contributed by atoms with van der Waals surface area (Å²) in [7, 11) is 3.17. The zero-order valence-corrected chi connectivity index (χ0v) is 22.1. The number of aliphatic imine (C=N–C) groups is 1. The fourth-order valence-electron chi connectivity index (χ4n) is 4.36. The lowest BCUT2D eigenvalue weighted by Crippen LogP contribution is -2.18. The number of nitrogens with zero attached hydrogens (tertiary/aromatic N) is 3. The van der Waals surface area contributed by atoms with Crippen molar-refractivity contribution in [1.29, 1.82) is 0 Å². The zero-order valence-electron chi connectivity index (χ0n) is 22.1. The van der Waals surface area contributed by atoms with Gasteiger partial charge in [0.25, 0.3) is 11.1 Å². The van der Waals surface area contributed by atoms with Crippen molar-refractivity contribution in [3.8, 4) is 22.6 Å². The minimum Gasteiger partial charge on any atom is -0.455 e. The van der Waals surface area contributed by atoms with Crippen LogP contribution in [0.15, 0.2) is 63.5 Å². The van der Waals surface area contributed by atoms with Crippen molar-refractivity contribution in [2.45, 2.75) is 26.9 Å². The van der Waals surface area contributed by atoms with Gasteiger partial charge in [-0.2, -0.15) is 13.2 Å². The van der Waals surface area contributed by atoms with Crippen molar-refractivity contribution >= 4 is 22.2 Å². The summed E-state index contributed by atoms with van der Waals surface area (Å²) in [4.78, 5) is 32.4. The van der Waals surface area contributed by atoms with Gasteiger partial charge >= 0.3 is 6.18 Å². The van der Waals surface area contributed by atoms with E-state index < -0.39 is 12.7 Å². The molecule has 0 aliphatic rings. The lowest BCUT2D eigenvalue weighted by atomic mass is 10.0. The molecule has 0 aliphatic heterocycles. The van der Waals surface area contributed by atoms with E-state index in [0.717, 1.165) is 17.3 Å². The van der Waals surface area contributed by atoms with Gasteiger partial charge in [0.15, 0.2) is 5.75 Å². The number of pyridine rings is 2. The summed E-state index contributed by atoms with van der Waals surface area (Å²) >= 11 is 0. The topological polar surface area (TPSA) is 107 Å². The number of allylic oxidation sites excluding steroid dienone is 1. The van der Waals surface area contributed by atoms with Crippen molar-refractivity contribution in [2.75, 3.05) is 6.54 Å². The van der Waals surface area contributed by atoms with E-state index in [2.05, 4.69) is 9.98 Å². The molecule has 0 radical (unpaired) electrons. The second kappa shape index (κ2) is 10.3. The van der Waals surface area contributed by atoms with Crippen LogP contribution in [0.3, 0.4) is 0 Å². The van der Waals surface area contributed by atoms with Crippen molar-refractivity contribution in [1.82, 2.24) is 14.1 Å². The Bertz CT molecular complexity index is 1740. The van der Waals surface area contributed by atoms with E-state index in [0.29, 0.717) is 33.7 Å². The molecule has 3 aromatic heterocycles. The lowest BCUT2D eigenvalue weighted by molar-refractivity contribution is -0.118. The molecule has 206 valence electrons. The number of nitrogens with two attached hydrogens (primary N) is 1. The molecular formula is C28H30F3N5O3. The number of H-pyrrole nitrogens is 1. The van der Waals surface area contributed by atoms with Crippen LogP contribution in [-0.4, -0.2) is 32.6 Å². The van der Waals surface area contributed by atoms with Crippen LogP contribution in [0.4, 0.5) is 13.2 Å². The molecule has 0 bridgehead atoms. The van der Waals surface area contributed by atoms with E-state index in [1.54, 1.807) is 32.6 Å². The first-order chi connectivity index (χ1) is 18.3. The second-order valence-electron chi connectivity index (χ2n) is 9.35. The quantitative estimate of drug-likeness (QED) is 0.327. The molecule has 0 aliphatic carbocycles. The number of alkyl halides is 3. The molecule has 0 spiro atoms. The molecule has 1 aromatic carbocycles. The maximum Gasteiger partial charge on any atom is 0.407 e. The third kappa shape index (κ3) is 5.52. The van der Waals surface area contributed by atoms with Crippen molar-refractivity contribution < 1.29 is 19.3 Å². The standard InChI is InChI=1S/C28H28F3N5O3.H2/c1-15-7-6-8-16(2)26(15)39-23-13-35(4)24(37)10-18(23)21-12-36(5)27(38)25-19(21)9-22(34-25)20(11-32)17(3)33-14-28(29,30)31;/h6-13,34H,14,32H2,1-5H3;1H/b20-11+,33-17?;. The highest BCUT2D eigenvalue weighted by Gasteiger charge is 2.27. The summed E-state index contributed by atoms with van der Waals surface area (Å²) < 4.78 is 47.3. The Hall–Kier alpha value is -4.54. The Morgan fingerprint density at radius 3 is 2.38 bits per heavy atom. The molecular weight excluding hydrogens is 511 g/mol. The van der Waals surface area contributed by atoms with E-state index in [1.165, 1.54) is 22.1 Å². The highest BCUT2D eigenvalue weighted by atomic mass is 19.4. The Morgan fingerprint density at radius 1 is 1.10 bits per heavy atom. The molecule has 3 N–H and O–H groups in total. The average molecular weight is 542 g/mol. The third-order valence-corrected chi connectivity index (χ3v) is 6.41. The van der Waals surface area contributed by atoms with Crippen LogP contribution in [0.25, 0.3) is 27.6 Å². The third-order valence-electron chi connectivity index (χ3n) is 6.41. The van der Waals surface area contributed by atoms with Crippen LogP contribution >= 0.6 is 0 Å². The first-order valence-electron chi connectivity index (χ1n) is 12.0. The SMILES string of the molecule is CC(=NCC(F)(F)F)/C(=C\N)c1cc2c(-c3cc(=O)n(C)cc3Oc3c(C)cccc3C)cn(C)c(=O)c2[nH]1.[HH]. The van der Waals surface area contributed by atoms with Crippen LogP contribution in [-0.2, 0) is 14.1 Å². The second-order valence-corrected chi connectivity index (χ2v) is 9.35. The van der Waals surface area contributed by atoms with Gasteiger partial charge < -0.3 is 24.6 Å². The van der Waals surface area contributed by atoms with Gasteiger partial charge in [0.2, 0.25) is 0 Å². The number of fused-ring (bicyclic) bond motifs is 1. The van der Waals surface area contributed by atoms with E-state index in [4.69, 9.17) is 10.5 Å². The Labute approximate surface area is 223 Å². The number of aromatic nitrogens is 3. The van der Waals surface area contributed by atoms with Crippen molar-refractivity contribution in [2.24, 2.45) is 24.8 Å². The molecule has 0 atom stereocenters. The fraction of sp³-hybridized carbons (Fsp3) is 0.250. The minimum absolute atomic E-state index is 0. The van der Waals surface area contributed by atoms with E-state index in [9.17, 15) is 22.8 Å². The number of ether oxygens (including phenoxy) is 1. The summed E-state index contributed by atoms with van der Waals surface area (Å²) in [6, 6.07) is 8.77. The number of hydrogen-bond donors (Lipinski definition) is 2. The molecule has 0 fully saturated rings. The van der Waals surface area contributed by atoms with E-state index >= 15 is 0 Å². The molecule has 39 heavy (non-hydrogen) atoms. The van der Waals surface area contributed by atoms with Gasteiger partial charge in [-0.15, -0.1) is 0 Å². The smallest absolute Gasteiger partial charge is 0.407 e. The van der Waals surface area contributed by atoms with Gasteiger partial charge in [-0.05, 0) is 38.0 Å². The maximum atomic E-state index is 13.1. The normalized spacial score (nSPS) is 12.8. The number of aromatic amines is 1. The molecule has 11 heteroatoms. The average Bonchev–Trinajstić information content (AvgIpc) is 3.30. The highest BCUT2D eigenvalue weighted by Crippen LogP contribution is 2.38. The van der Waals surface area contributed by atoms with Crippen LogP contribution in [0.1, 0.15) is 25.2 Å². The fourth-order valence-corrected chi connectivity index (χ4v) is 4.36. The number of rotatable bonds is 6. The van der Waals surface area contributed by atoms with Gasteiger partial charge in [0, 0.05) is 67.5 Å². The van der Waals surface area contributed by atoms with Gasteiger partial charge in [-0.25, -0.2) is 0 Å². The number of para-hydroxylation sites is 1. The molecule has 0 saturated heterocycles. The Morgan fingerprint density at radius 2 is 1.77 bits per heavy atom. The van der Waals surface area contributed by atoms with Crippen LogP contribution in [0.5, 0.6) is 11.5 Å². The van der Waals surface area contributed by atoms with E-state index in [-0.39, 0.29) is 29.3 Å². The predicted molar refractivity (Wildman–Crippen MR) is 149 cm³/mol. The monoisotopic (exact) mass is 541 g/mol. The van der Waals surface area contributed by atoms with Gasteiger partial charge in [0.05, 0.1) is 6.20 Å². The molecule has 3 heterocycles. The summed E-state index contributed by atoms with van der Waals surface area (Å²) in [5.41, 5.74) is 8.59. The molecule has 8 nitrogen and oxygen atoms in total. The number of halogens is 3. The molecule has 4 aromatic rings. The van der Waals surface area contributed by atoms with Crippen LogP contribution in [0, 0.1) is 13.8 Å². The first kappa shape index (κ1) is 27.5. The van der Waals surface area contributed by atoms with Crippen molar-refractivity contribution in [3.05, 3.63) is 86.5 Å². The number of nitrogens with one attached hydrogen (secondary N) is 1. The molecule has 0 unspecified atom stereocenters. The van der Waals surface area contributed by atoms with Crippen LogP contribution < -0.4 is 21.6 Å². The van der Waals surface area contributed by atoms with Crippen molar-refractivity contribution in [3.63, 3.8) is 0 Å². The number of hydrogen-bond acceptors (Lipinski definition) is 5. The summed E-state index contributed by atoms with van der Waals surface area (Å²) in [5.74, 6) is 1.02. The molecule has 0 amide bonds. The Kier molecular flexibility index (Phi) is 7.27. The van der Waals surface area contributed by atoms with E-state index in [1.807, 2.05) is 32.0 Å². The predicted octanol–water partition coefficient (Wildman–Crippen LogP) is 5.21. The van der Waals surface area contributed by atoms with Gasteiger partial charge in [-0.3, -0.25) is 14.6 Å². The largest absolute Gasteiger partial charge is 0.455 e. The molecule has 0 saturated carbocycles. The number of aryl methyl sites for hydroxylation is 4.